The summed E-state index contributed by atoms with van der Waals surface area (Å²) in [7, 11) is 0. The highest BCUT2D eigenvalue weighted by atomic mass is 127. The molecule has 1 fully saturated rings. The Bertz CT molecular complexity index is 87.7. The summed E-state index contributed by atoms with van der Waals surface area (Å²) < 4.78 is 5.58. The number of alkyl halides is 1. The second-order valence-corrected chi connectivity index (χ2v) is 3.32. The van der Waals surface area contributed by atoms with Crippen LogP contribution in [0, 0.1) is 0 Å². The Labute approximate surface area is 75.4 Å². The molecule has 60 valence electrons. The number of ether oxygens (including phenoxy) is 1. The zero-order valence-corrected chi connectivity index (χ0v) is 8.08. The summed E-state index contributed by atoms with van der Waals surface area (Å²) in [5, 5.41) is 8.56. The molecule has 0 aromatic heterocycles. The third-order valence-electron chi connectivity index (χ3n) is 1.26. The number of halogens is 1. The lowest BCUT2D eigenvalue weighted by Crippen LogP contribution is -2.10. The molecule has 0 bridgehead atoms. The Morgan fingerprint density at radius 1 is 1.50 bits per heavy atom. The molecular weight excluding hydrogens is 243 g/mol. The van der Waals surface area contributed by atoms with Gasteiger partial charge < -0.3 is 9.84 Å². The third kappa shape index (κ3) is 3.53. The van der Waals surface area contributed by atoms with Crippen molar-refractivity contribution in [2.45, 2.75) is 23.1 Å². The normalized spacial score (nSPS) is 31.0. The average Bonchev–Trinajstić information content (AvgIpc) is 2.40. The highest BCUT2D eigenvalue weighted by molar-refractivity contribution is 14.1. The molecule has 2 nitrogen and oxygen atoms in total. The Morgan fingerprint density at radius 3 is 2.30 bits per heavy atom. The first-order valence-electron chi connectivity index (χ1n) is 3.23. The van der Waals surface area contributed by atoms with E-state index in [4.69, 9.17) is 9.84 Å². The molecule has 1 rings (SSSR count). The van der Waals surface area contributed by atoms with E-state index in [2.05, 4.69) is 35.7 Å². The molecule has 0 aromatic carbocycles. The van der Waals surface area contributed by atoms with Gasteiger partial charge in [0.15, 0.2) is 0 Å². The van der Waals surface area contributed by atoms with Gasteiger partial charge >= 0.3 is 0 Å². The maximum atomic E-state index is 8.56. The highest BCUT2D eigenvalue weighted by Crippen LogP contribution is 2.23. The van der Waals surface area contributed by atoms with Crippen molar-refractivity contribution in [3.8, 4) is 0 Å². The van der Waals surface area contributed by atoms with Crippen LogP contribution in [0.15, 0.2) is 13.2 Å². The first-order valence-corrected chi connectivity index (χ1v) is 4.48. The number of hydrogen-bond donors (Lipinski definition) is 1. The molecule has 1 heterocycles. The maximum Gasteiger partial charge on any atom is 0.109 e. The minimum absolute atomic E-state index is 0.122. The van der Waals surface area contributed by atoms with Gasteiger partial charge in [-0.25, -0.2) is 0 Å². The smallest absolute Gasteiger partial charge is 0.109 e. The Hall–Kier alpha value is 0.390. The van der Waals surface area contributed by atoms with Crippen LogP contribution in [0.25, 0.3) is 0 Å². The Balaban J connectivity index is 0.000000371. The van der Waals surface area contributed by atoms with Gasteiger partial charge in [-0.3, -0.25) is 0 Å². The second kappa shape index (κ2) is 6.12. The minimum Gasteiger partial charge on any atom is -0.394 e. The van der Waals surface area contributed by atoms with E-state index < -0.39 is 0 Å². The first kappa shape index (κ1) is 10.4. The predicted octanol–water partition coefficient (Wildman–Crippen LogP) is 1.72. The molecule has 0 aliphatic carbocycles. The van der Waals surface area contributed by atoms with E-state index in [1.165, 1.54) is 0 Å². The van der Waals surface area contributed by atoms with Crippen molar-refractivity contribution in [3.05, 3.63) is 13.2 Å². The van der Waals surface area contributed by atoms with Crippen LogP contribution in [-0.4, -0.2) is 21.9 Å². The molecule has 10 heavy (non-hydrogen) atoms. The molecule has 1 N–H and O–H groups in total. The standard InChI is InChI=1S/C5H9IO2.C2H4/c6-5-2-1-4(3-7)8-5;1-2/h4-5,7H,1-3H2;1-2H2. The van der Waals surface area contributed by atoms with Gasteiger partial charge in [0.2, 0.25) is 0 Å². The fraction of sp³-hybridized carbons (Fsp3) is 0.714. The number of aliphatic hydroxyl groups excluding tert-OH is 1. The minimum atomic E-state index is 0.122. The predicted molar refractivity (Wildman–Crippen MR) is 50.3 cm³/mol. The van der Waals surface area contributed by atoms with E-state index in [0.29, 0.717) is 4.11 Å². The van der Waals surface area contributed by atoms with Crippen LogP contribution in [0.4, 0.5) is 0 Å². The molecule has 0 amide bonds. The molecule has 1 aliphatic rings. The molecule has 2 unspecified atom stereocenters. The molecular formula is C7H13IO2. The van der Waals surface area contributed by atoms with Crippen LogP contribution in [0.2, 0.25) is 0 Å². The summed E-state index contributed by atoms with van der Waals surface area (Å²) in [5.41, 5.74) is 0. The van der Waals surface area contributed by atoms with Crippen molar-refractivity contribution < 1.29 is 9.84 Å². The van der Waals surface area contributed by atoms with Crippen molar-refractivity contribution in [1.82, 2.24) is 0 Å². The van der Waals surface area contributed by atoms with Gasteiger partial charge in [-0.2, -0.15) is 0 Å². The van der Waals surface area contributed by atoms with Gasteiger partial charge in [0.05, 0.1) is 12.7 Å². The SMILES string of the molecule is C=C.OCC1CCC(I)O1. The zero-order chi connectivity index (χ0) is 7.98. The molecule has 2 atom stereocenters. The average molecular weight is 256 g/mol. The van der Waals surface area contributed by atoms with Gasteiger partial charge in [-0.05, 0) is 12.8 Å². The van der Waals surface area contributed by atoms with Crippen LogP contribution in [-0.2, 0) is 4.74 Å². The van der Waals surface area contributed by atoms with E-state index in [1.807, 2.05) is 0 Å². The summed E-state index contributed by atoms with van der Waals surface area (Å²) in [6, 6.07) is 0. The van der Waals surface area contributed by atoms with Crippen LogP contribution in [0.1, 0.15) is 12.8 Å². The molecule has 1 saturated heterocycles. The summed E-state index contributed by atoms with van der Waals surface area (Å²) in [6.45, 7) is 6.18. The lowest BCUT2D eigenvalue weighted by molar-refractivity contribution is 0.0520. The van der Waals surface area contributed by atoms with Crippen LogP contribution in [0.3, 0.4) is 0 Å². The molecule has 3 heteroatoms. The van der Waals surface area contributed by atoms with Gasteiger partial charge in [-0.15, -0.1) is 13.2 Å². The molecule has 0 saturated carbocycles. The Morgan fingerprint density at radius 2 is 2.10 bits per heavy atom. The highest BCUT2D eigenvalue weighted by Gasteiger charge is 2.21. The fourth-order valence-corrected chi connectivity index (χ4v) is 1.57. The third-order valence-corrected chi connectivity index (χ3v) is 2.18. The van der Waals surface area contributed by atoms with Crippen LogP contribution in [0.5, 0.6) is 0 Å². The molecule has 0 radical (unpaired) electrons. The van der Waals surface area contributed by atoms with E-state index in [-0.39, 0.29) is 12.7 Å². The molecule has 0 aromatic rings. The van der Waals surface area contributed by atoms with E-state index >= 15 is 0 Å². The summed E-state index contributed by atoms with van der Waals surface area (Å²) in [6.07, 6.45) is 2.23. The fourth-order valence-electron chi connectivity index (χ4n) is 0.796. The monoisotopic (exact) mass is 256 g/mol. The van der Waals surface area contributed by atoms with Crippen molar-refractivity contribution in [3.63, 3.8) is 0 Å². The van der Waals surface area contributed by atoms with E-state index in [1.54, 1.807) is 0 Å². The van der Waals surface area contributed by atoms with Gasteiger partial charge in [0.1, 0.15) is 4.11 Å². The van der Waals surface area contributed by atoms with E-state index in [9.17, 15) is 0 Å². The van der Waals surface area contributed by atoms with Crippen LogP contribution < -0.4 is 0 Å². The lowest BCUT2D eigenvalue weighted by Gasteiger charge is -2.03. The Kier molecular flexibility index (Phi) is 6.36. The second-order valence-electron chi connectivity index (χ2n) is 1.93. The largest absolute Gasteiger partial charge is 0.394 e. The maximum absolute atomic E-state index is 8.56. The van der Waals surface area contributed by atoms with Gasteiger partial charge in [-0.1, -0.05) is 22.6 Å². The van der Waals surface area contributed by atoms with Crippen molar-refractivity contribution in [2.75, 3.05) is 6.61 Å². The van der Waals surface area contributed by atoms with Crippen LogP contribution >= 0.6 is 22.6 Å². The quantitative estimate of drug-likeness (QED) is 0.439. The van der Waals surface area contributed by atoms with Crippen molar-refractivity contribution >= 4 is 22.6 Å². The number of hydrogen-bond acceptors (Lipinski definition) is 2. The zero-order valence-electron chi connectivity index (χ0n) is 5.92. The summed E-state index contributed by atoms with van der Waals surface area (Å²) >= 11 is 2.24. The summed E-state index contributed by atoms with van der Waals surface area (Å²) in [4.78, 5) is 0. The number of rotatable bonds is 1. The first-order chi connectivity index (χ1) is 4.83. The van der Waals surface area contributed by atoms with Gasteiger partial charge in [0.25, 0.3) is 0 Å². The number of aliphatic hydroxyl groups is 1. The van der Waals surface area contributed by atoms with Crippen molar-refractivity contribution in [1.29, 1.82) is 0 Å². The molecule has 1 aliphatic heterocycles. The topological polar surface area (TPSA) is 29.5 Å². The van der Waals surface area contributed by atoms with E-state index in [0.717, 1.165) is 12.8 Å². The summed E-state index contributed by atoms with van der Waals surface area (Å²) in [5.74, 6) is 0. The lowest BCUT2D eigenvalue weighted by atomic mass is 10.2. The van der Waals surface area contributed by atoms with Crippen molar-refractivity contribution in [2.24, 2.45) is 0 Å². The molecule has 0 spiro atoms. The van der Waals surface area contributed by atoms with Gasteiger partial charge in [0, 0.05) is 0 Å².